The van der Waals surface area contributed by atoms with Crippen LogP contribution in [0, 0.1) is 20.2 Å². The fourth-order valence-electron chi connectivity index (χ4n) is 2.69. The van der Waals surface area contributed by atoms with Crippen molar-refractivity contribution in [2.45, 2.75) is 38.2 Å². The molecule has 0 atom stereocenters. The van der Waals surface area contributed by atoms with Crippen molar-refractivity contribution in [2.24, 2.45) is 0 Å². The van der Waals surface area contributed by atoms with Crippen molar-refractivity contribution in [3.63, 3.8) is 0 Å². The summed E-state index contributed by atoms with van der Waals surface area (Å²) in [7, 11) is 1.19. The number of hydrogen-bond acceptors (Lipinski definition) is 8. The predicted molar refractivity (Wildman–Crippen MR) is 87.8 cm³/mol. The van der Waals surface area contributed by atoms with Gasteiger partial charge in [0.2, 0.25) is 0 Å². The van der Waals surface area contributed by atoms with E-state index in [0.29, 0.717) is 0 Å². The highest BCUT2D eigenvalue weighted by Crippen LogP contribution is 2.39. The van der Waals surface area contributed by atoms with Crippen LogP contribution in [-0.2, 0) is 9.53 Å². The highest BCUT2D eigenvalue weighted by molar-refractivity contribution is 5.78. The first-order chi connectivity index (χ1) is 11.9. The molecule has 1 fully saturated rings. The van der Waals surface area contributed by atoms with Crippen molar-refractivity contribution in [3.8, 4) is 5.75 Å². The van der Waals surface area contributed by atoms with E-state index in [1.54, 1.807) is 0 Å². The zero-order valence-corrected chi connectivity index (χ0v) is 13.7. The molecule has 0 aliphatic heterocycles. The predicted octanol–water partition coefficient (Wildman–Crippen LogP) is 2.80. The number of carbonyl (C=O) groups is 1. The molecule has 0 heterocycles. The van der Waals surface area contributed by atoms with Gasteiger partial charge in [-0.15, -0.1) is 0 Å². The third-order valence-electron chi connectivity index (χ3n) is 3.97. The largest absolute Gasteiger partial charge is 0.483 e. The molecule has 1 aliphatic carbocycles. The topological polar surface area (TPSA) is 134 Å². The van der Waals surface area contributed by atoms with E-state index in [2.05, 4.69) is 10.1 Å². The Labute approximate surface area is 143 Å². The molecular weight excluding hydrogens is 334 g/mol. The van der Waals surface area contributed by atoms with Gasteiger partial charge in [-0.05, 0) is 25.7 Å². The van der Waals surface area contributed by atoms with Crippen molar-refractivity contribution in [1.82, 2.24) is 0 Å². The maximum atomic E-state index is 11.3. The number of anilines is 1. The van der Waals surface area contributed by atoms with Crippen molar-refractivity contribution in [3.05, 3.63) is 32.4 Å². The van der Waals surface area contributed by atoms with E-state index in [1.165, 1.54) is 13.2 Å². The number of rotatable bonds is 7. The van der Waals surface area contributed by atoms with Crippen molar-refractivity contribution in [1.29, 1.82) is 0 Å². The summed E-state index contributed by atoms with van der Waals surface area (Å²) in [5, 5.41) is 25.0. The van der Waals surface area contributed by atoms with Gasteiger partial charge >= 0.3 is 11.7 Å². The van der Waals surface area contributed by atoms with Crippen LogP contribution in [0.2, 0.25) is 0 Å². The molecular formula is C15H19N3O7. The van der Waals surface area contributed by atoms with Gasteiger partial charge in [0.1, 0.15) is 12.2 Å². The fourth-order valence-corrected chi connectivity index (χ4v) is 2.69. The number of nitro benzene ring substituents is 2. The molecule has 0 radical (unpaired) electrons. The summed E-state index contributed by atoms with van der Waals surface area (Å²) in [6, 6.07) is 2.05. The zero-order valence-electron chi connectivity index (χ0n) is 13.7. The van der Waals surface area contributed by atoms with Crippen molar-refractivity contribution in [2.75, 3.05) is 19.0 Å². The summed E-state index contributed by atoms with van der Waals surface area (Å²) >= 11 is 0. The molecule has 25 heavy (non-hydrogen) atoms. The number of esters is 1. The molecule has 10 heteroatoms. The summed E-state index contributed by atoms with van der Waals surface area (Å²) in [5.41, 5.74) is -1.01. The monoisotopic (exact) mass is 353 g/mol. The Morgan fingerprint density at radius 2 is 1.80 bits per heavy atom. The van der Waals surface area contributed by atoms with E-state index in [-0.39, 0.29) is 24.1 Å². The van der Waals surface area contributed by atoms with Crippen LogP contribution in [0.4, 0.5) is 17.1 Å². The lowest BCUT2D eigenvalue weighted by Crippen LogP contribution is -2.20. The molecule has 1 aromatic carbocycles. The minimum atomic E-state index is -0.753. The number of carbonyl (C=O) groups excluding carboxylic acids is 1. The molecule has 0 unspecified atom stereocenters. The third-order valence-corrected chi connectivity index (χ3v) is 3.97. The normalized spacial score (nSPS) is 14.6. The maximum Gasteiger partial charge on any atom is 0.325 e. The van der Waals surface area contributed by atoms with E-state index in [9.17, 15) is 25.0 Å². The Kier molecular flexibility index (Phi) is 6.09. The Morgan fingerprint density at radius 1 is 1.16 bits per heavy atom. The van der Waals surface area contributed by atoms with Crippen molar-refractivity contribution < 1.29 is 24.1 Å². The Morgan fingerprint density at radius 3 is 2.36 bits per heavy atom. The average molecular weight is 353 g/mol. The molecule has 1 aromatic rings. The number of nitrogens with zero attached hydrogens (tertiary/aromatic N) is 2. The van der Waals surface area contributed by atoms with Crippen molar-refractivity contribution >= 4 is 23.0 Å². The van der Waals surface area contributed by atoms with Crippen LogP contribution in [0.5, 0.6) is 5.75 Å². The van der Waals surface area contributed by atoms with Crippen LogP contribution in [0.3, 0.4) is 0 Å². The molecule has 0 bridgehead atoms. The molecule has 0 spiro atoms. The molecule has 1 saturated carbocycles. The second-order valence-corrected chi connectivity index (χ2v) is 5.66. The van der Waals surface area contributed by atoms with Crippen LogP contribution in [0.1, 0.15) is 32.1 Å². The molecule has 1 aliphatic rings. The van der Waals surface area contributed by atoms with Crippen LogP contribution < -0.4 is 10.1 Å². The van der Waals surface area contributed by atoms with Gasteiger partial charge in [0.25, 0.3) is 5.69 Å². The first-order valence-electron chi connectivity index (χ1n) is 7.86. The Balaban J connectivity index is 2.35. The second kappa shape index (κ2) is 8.27. The molecule has 10 nitrogen and oxygen atoms in total. The number of nitrogens with one attached hydrogen (secondary N) is 1. The summed E-state index contributed by atoms with van der Waals surface area (Å²) in [6.07, 6.45) is 4.42. The van der Waals surface area contributed by atoms with Gasteiger partial charge in [-0.3, -0.25) is 25.0 Å². The SMILES string of the molecule is COC(=O)CNc1cc(OC2CCCCC2)c([N+](=O)[O-])cc1[N+](=O)[O-]. The lowest BCUT2D eigenvalue weighted by atomic mass is 9.98. The number of nitro groups is 2. The van der Waals surface area contributed by atoms with Gasteiger partial charge in [-0.25, -0.2) is 0 Å². The summed E-state index contributed by atoms with van der Waals surface area (Å²) in [4.78, 5) is 32.3. The van der Waals surface area contributed by atoms with Gasteiger partial charge in [-0.2, -0.15) is 0 Å². The van der Waals surface area contributed by atoms with E-state index in [1.807, 2.05) is 0 Å². The average Bonchev–Trinajstić information content (AvgIpc) is 2.59. The van der Waals surface area contributed by atoms with E-state index < -0.39 is 27.2 Å². The zero-order chi connectivity index (χ0) is 18.4. The Bertz CT molecular complexity index is 671. The fraction of sp³-hybridized carbons (Fsp3) is 0.533. The van der Waals surface area contributed by atoms with E-state index >= 15 is 0 Å². The van der Waals surface area contributed by atoms with E-state index in [0.717, 1.165) is 38.2 Å². The standard InChI is InChI=1S/C15H19N3O7/c1-24-15(19)9-16-11-7-14(25-10-5-3-2-4-6-10)13(18(22)23)8-12(11)17(20)21/h7-8,10,16H,2-6,9H2,1H3. The second-order valence-electron chi connectivity index (χ2n) is 5.66. The highest BCUT2D eigenvalue weighted by atomic mass is 16.6. The van der Waals surface area contributed by atoms with Gasteiger partial charge in [0, 0.05) is 6.07 Å². The molecule has 0 aromatic heterocycles. The number of benzene rings is 1. The first-order valence-corrected chi connectivity index (χ1v) is 7.86. The first kappa shape index (κ1) is 18.4. The highest BCUT2D eigenvalue weighted by Gasteiger charge is 2.28. The van der Waals surface area contributed by atoms with Crippen LogP contribution >= 0.6 is 0 Å². The summed E-state index contributed by atoms with van der Waals surface area (Å²) < 4.78 is 10.2. The van der Waals surface area contributed by atoms with Gasteiger partial charge < -0.3 is 14.8 Å². The molecule has 136 valence electrons. The van der Waals surface area contributed by atoms with Gasteiger partial charge in [-0.1, -0.05) is 6.42 Å². The third kappa shape index (κ3) is 4.78. The maximum absolute atomic E-state index is 11.3. The summed E-state index contributed by atoms with van der Waals surface area (Å²) in [6.45, 7) is -0.308. The van der Waals surface area contributed by atoms with Gasteiger partial charge in [0.05, 0.1) is 29.1 Å². The summed E-state index contributed by atoms with van der Waals surface area (Å²) in [5.74, 6) is -0.669. The Hall–Kier alpha value is -2.91. The molecule has 0 saturated heterocycles. The van der Waals surface area contributed by atoms with Crippen LogP contribution in [-0.4, -0.2) is 35.6 Å². The van der Waals surface area contributed by atoms with E-state index in [4.69, 9.17) is 4.74 Å². The lowest BCUT2D eigenvalue weighted by molar-refractivity contribution is -0.394. The quantitative estimate of drug-likeness (QED) is 0.449. The number of hydrogen-bond donors (Lipinski definition) is 1. The number of ether oxygens (including phenoxy) is 2. The number of methoxy groups -OCH3 is 1. The van der Waals surface area contributed by atoms with Crippen LogP contribution in [0.15, 0.2) is 12.1 Å². The van der Waals surface area contributed by atoms with Crippen LogP contribution in [0.25, 0.3) is 0 Å². The molecule has 0 amide bonds. The molecule has 2 rings (SSSR count). The lowest BCUT2D eigenvalue weighted by Gasteiger charge is -2.23. The molecule has 1 N–H and O–H groups in total. The van der Waals surface area contributed by atoms with Gasteiger partial charge in [0.15, 0.2) is 5.75 Å². The minimum Gasteiger partial charge on any atom is -0.483 e. The minimum absolute atomic E-state index is 0.0354. The smallest absolute Gasteiger partial charge is 0.325 e.